The van der Waals surface area contributed by atoms with Crippen LogP contribution in [0.3, 0.4) is 0 Å². The van der Waals surface area contributed by atoms with Crippen LogP contribution in [0, 0.1) is 12.7 Å². The smallest absolute Gasteiger partial charge is 0.128 e. The van der Waals surface area contributed by atoms with Crippen LogP contribution in [0.25, 0.3) is 0 Å². The molecule has 3 heteroatoms. The molecule has 1 aromatic rings. The molecule has 1 aromatic carbocycles. The van der Waals surface area contributed by atoms with Gasteiger partial charge in [-0.05, 0) is 26.0 Å². The van der Waals surface area contributed by atoms with E-state index in [1.807, 2.05) is 13.0 Å². The second-order valence-electron chi connectivity index (χ2n) is 3.34. The van der Waals surface area contributed by atoms with Crippen molar-refractivity contribution in [2.45, 2.75) is 20.0 Å². The highest BCUT2D eigenvalue weighted by molar-refractivity contribution is 5.50. The minimum absolute atomic E-state index is 0.123. The number of nitrogens with one attached hydrogen (secondary N) is 1. The molecule has 78 valence electrons. The SMILES string of the molecule is COC(C)CNc1cccc(F)c1C. The number of rotatable bonds is 4. The van der Waals surface area contributed by atoms with Crippen molar-refractivity contribution in [3.63, 3.8) is 0 Å². The third-order valence-electron chi connectivity index (χ3n) is 2.25. The molecule has 1 rings (SSSR count). The van der Waals surface area contributed by atoms with Crippen molar-refractivity contribution in [2.75, 3.05) is 19.0 Å². The molecule has 0 aliphatic carbocycles. The monoisotopic (exact) mass is 197 g/mol. The fraction of sp³-hybridized carbons (Fsp3) is 0.455. The highest BCUT2D eigenvalue weighted by atomic mass is 19.1. The van der Waals surface area contributed by atoms with Crippen molar-refractivity contribution in [1.82, 2.24) is 0 Å². The molecule has 0 saturated heterocycles. The van der Waals surface area contributed by atoms with Crippen molar-refractivity contribution in [1.29, 1.82) is 0 Å². The summed E-state index contributed by atoms with van der Waals surface area (Å²) in [5.41, 5.74) is 1.48. The molecule has 0 fully saturated rings. The van der Waals surface area contributed by atoms with Crippen LogP contribution in [0.5, 0.6) is 0 Å². The molecule has 14 heavy (non-hydrogen) atoms. The first-order valence-corrected chi connectivity index (χ1v) is 4.67. The van der Waals surface area contributed by atoms with Gasteiger partial charge in [-0.1, -0.05) is 6.07 Å². The highest BCUT2D eigenvalue weighted by Crippen LogP contribution is 2.17. The quantitative estimate of drug-likeness (QED) is 0.801. The maximum absolute atomic E-state index is 13.1. The summed E-state index contributed by atoms with van der Waals surface area (Å²) in [6, 6.07) is 5.02. The van der Waals surface area contributed by atoms with Crippen molar-refractivity contribution >= 4 is 5.69 Å². The van der Waals surface area contributed by atoms with Crippen LogP contribution >= 0.6 is 0 Å². The minimum atomic E-state index is -0.180. The molecule has 1 N–H and O–H groups in total. The Bertz CT molecular complexity index is 301. The molecule has 0 aliphatic heterocycles. The second kappa shape index (κ2) is 4.96. The standard InChI is InChI=1S/C11H16FNO/c1-8(14-3)7-13-11-6-4-5-10(12)9(11)2/h4-6,8,13H,7H2,1-3H3. The van der Waals surface area contributed by atoms with Gasteiger partial charge in [0.25, 0.3) is 0 Å². The zero-order chi connectivity index (χ0) is 10.6. The predicted octanol–water partition coefficient (Wildman–Crippen LogP) is 2.58. The van der Waals surface area contributed by atoms with Crippen LogP contribution in [-0.4, -0.2) is 19.8 Å². The van der Waals surface area contributed by atoms with Gasteiger partial charge >= 0.3 is 0 Å². The third-order valence-corrected chi connectivity index (χ3v) is 2.25. The zero-order valence-electron chi connectivity index (χ0n) is 8.80. The molecule has 0 spiro atoms. The lowest BCUT2D eigenvalue weighted by molar-refractivity contribution is 0.129. The summed E-state index contributed by atoms with van der Waals surface area (Å²) in [6.45, 7) is 4.40. The lowest BCUT2D eigenvalue weighted by Crippen LogP contribution is -2.18. The van der Waals surface area contributed by atoms with E-state index < -0.39 is 0 Å². The van der Waals surface area contributed by atoms with Crippen LogP contribution in [0.2, 0.25) is 0 Å². The Morgan fingerprint density at radius 2 is 2.21 bits per heavy atom. The van der Waals surface area contributed by atoms with E-state index in [4.69, 9.17) is 4.74 Å². The summed E-state index contributed by atoms with van der Waals surface area (Å²) in [4.78, 5) is 0. The van der Waals surface area contributed by atoms with Gasteiger partial charge in [-0.25, -0.2) is 4.39 Å². The lowest BCUT2D eigenvalue weighted by atomic mass is 10.2. The maximum atomic E-state index is 13.1. The van der Waals surface area contributed by atoms with Crippen LogP contribution in [-0.2, 0) is 4.74 Å². The molecule has 2 nitrogen and oxygen atoms in total. The molecular formula is C11H16FNO. The van der Waals surface area contributed by atoms with Crippen LogP contribution in [0.15, 0.2) is 18.2 Å². The Morgan fingerprint density at radius 3 is 2.86 bits per heavy atom. The fourth-order valence-electron chi connectivity index (χ4n) is 1.14. The Morgan fingerprint density at radius 1 is 1.50 bits per heavy atom. The summed E-state index contributed by atoms with van der Waals surface area (Å²) >= 11 is 0. The molecule has 0 heterocycles. The zero-order valence-corrected chi connectivity index (χ0v) is 8.80. The molecule has 0 bridgehead atoms. The topological polar surface area (TPSA) is 21.3 Å². The van der Waals surface area contributed by atoms with Gasteiger partial charge in [0.2, 0.25) is 0 Å². The fourth-order valence-corrected chi connectivity index (χ4v) is 1.14. The molecule has 0 amide bonds. The van der Waals surface area contributed by atoms with E-state index in [0.717, 1.165) is 5.69 Å². The van der Waals surface area contributed by atoms with Gasteiger partial charge in [0.1, 0.15) is 5.82 Å². The highest BCUT2D eigenvalue weighted by Gasteiger charge is 2.04. The Labute approximate surface area is 84.1 Å². The molecule has 0 aromatic heterocycles. The van der Waals surface area contributed by atoms with E-state index in [2.05, 4.69) is 5.32 Å². The summed E-state index contributed by atoms with van der Waals surface area (Å²) in [7, 11) is 1.66. The van der Waals surface area contributed by atoms with E-state index in [1.54, 1.807) is 20.1 Å². The van der Waals surface area contributed by atoms with E-state index in [0.29, 0.717) is 12.1 Å². The third kappa shape index (κ3) is 2.70. The summed E-state index contributed by atoms with van der Waals surface area (Å²) in [5, 5.41) is 3.14. The van der Waals surface area contributed by atoms with Crippen molar-refractivity contribution in [3.05, 3.63) is 29.6 Å². The van der Waals surface area contributed by atoms with Gasteiger partial charge < -0.3 is 10.1 Å². The predicted molar refractivity (Wildman–Crippen MR) is 56.1 cm³/mol. The van der Waals surface area contributed by atoms with Crippen molar-refractivity contribution < 1.29 is 9.13 Å². The van der Waals surface area contributed by atoms with Gasteiger partial charge in [-0.15, -0.1) is 0 Å². The molecule has 1 unspecified atom stereocenters. The van der Waals surface area contributed by atoms with Crippen molar-refractivity contribution in [2.24, 2.45) is 0 Å². The van der Waals surface area contributed by atoms with Crippen LogP contribution < -0.4 is 5.32 Å². The average Bonchev–Trinajstić information content (AvgIpc) is 2.20. The van der Waals surface area contributed by atoms with E-state index >= 15 is 0 Å². The normalized spacial score (nSPS) is 12.6. The Kier molecular flexibility index (Phi) is 3.89. The van der Waals surface area contributed by atoms with Gasteiger partial charge in [0, 0.05) is 24.9 Å². The summed E-state index contributed by atoms with van der Waals surface area (Å²) in [5.74, 6) is -0.180. The van der Waals surface area contributed by atoms with Crippen LogP contribution in [0.1, 0.15) is 12.5 Å². The first-order valence-electron chi connectivity index (χ1n) is 4.67. The van der Waals surface area contributed by atoms with Crippen molar-refractivity contribution in [3.8, 4) is 0 Å². The number of benzene rings is 1. The molecule has 0 aliphatic rings. The van der Waals surface area contributed by atoms with Gasteiger partial charge in [-0.2, -0.15) is 0 Å². The number of hydrogen-bond acceptors (Lipinski definition) is 2. The minimum Gasteiger partial charge on any atom is -0.382 e. The number of ether oxygens (including phenoxy) is 1. The van der Waals surface area contributed by atoms with Gasteiger partial charge in [0.15, 0.2) is 0 Å². The van der Waals surface area contributed by atoms with Gasteiger partial charge in [0.05, 0.1) is 6.10 Å². The molecule has 0 saturated carbocycles. The average molecular weight is 197 g/mol. The summed E-state index contributed by atoms with van der Waals surface area (Å²) in [6.07, 6.45) is 0.123. The van der Waals surface area contributed by atoms with Crippen LogP contribution in [0.4, 0.5) is 10.1 Å². The number of methoxy groups -OCH3 is 1. The second-order valence-corrected chi connectivity index (χ2v) is 3.34. The Hall–Kier alpha value is -1.09. The first-order chi connectivity index (χ1) is 6.65. The van der Waals surface area contributed by atoms with E-state index in [1.165, 1.54) is 6.07 Å². The number of halogens is 1. The molecular weight excluding hydrogens is 181 g/mol. The van der Waals surface area contributed by atoms with Gasteiger partial charge in [-0.3, -0.25) is 0 Å². The Balaban J connectivity index is 2.63. The molecule has 1 atom stereocenters. The maximum Gasteiger partial charge on any atom is 0.128 e. The number of anilines is 1. The van der Waals surface area contributed by atoms with E-state index in [9.17, 15) is 4.39 Å². The summed E-state index contributed by atoms with van der Waals surface area (Å²) < 4.78 is 18.2. The lowest BCUT2D eigenvalue weighted by Gasteiger charge is -2.13. The molecule has 0 radical (unpaired) electrons. The first kappa shape index (κ1) is 11.0. The number of hydrogen-bond donors (Lipinski definition) is 1. The van der Waals surface area contributed by atoms with E-state index in [-0.39, 0.29) is 11.9 Å². The largest absolute Gasteiger partial charge is 0.382 e.